The molecule has 132 valence electrons. The lowest BCUT2D eigenvalue weighted by Crippen LogP contribution is -2.24. The number of anilines is 2. The molecule has 0 saturated carbocycles. The molecule has 1 fully saturated rings. The second kappa shape index (κ2) is 6.44. The summed E-state index contributed by atoms with van der Waals surface area (Å²) in [4.78, 5) is 13.0. The van der Waals surface area contributed by atoms with Crippen LogP contribution in [-0.4, -0.2) is 20.9 Å². The zero-order valence-electron chi connectivity index (χ0n) is 13.4. The van der Waals surface area contributed by atoms with E-state index < -0.39 is 26.6 Å². The van der Waals surface area contributed by atoms with Gasteiger partial charge in [-0.25, -0.2) is 17.2 Å². The van der Waals surface area contributed by atoms with Crippen molar-refractivity contribution in [2.24, 2.45) is 0 Å². The second-order valence-corrected chi connectivity index (χ2v) is 7.54. The summed E-state index contributed by atoms with van der Waals surface area (Å²) in [6.07, 6.45) is 1.20. The summed E-state index contributed by atoms with van der Waals surface area (Å²) in [5.41, 5.74) is 1.66. The summed E-state index contributed by atoms with van der Waals surface area (Å²) in [7, 11) is -4.16. The Kier molecular flexibility index (Phi) is 4.47. The fourth-order valence-corrected chi connectivity index (χ4v) is 3.85. The zero-order chi connectivity index (χ0) is 18.2. The van der Waals surface area contributed by atoms with E-state index in [0.717, 1.165) is 24.1 Å². The summed E-state index contributed by atoms with van der Waals surface area (Å²) < 4.78 is 53.6. The number of sulfonamides is 1. The minimum atomic E-state index is -4.16. The summed E-state index contributed by atoms with van der Waals surface area (Å²) >= 11 is 0. The van der Waals surface area contributed by atoms with Gasteiger partial charge in [0.25, 0.3) is 10.0 Å². The molecule has 1 aliphatic heterocycles. The van der Waals surface area contributed by atoms with Gasteiger partial charge >= 0.3 is 0 Å². The highest BCUT2D eigenvalue weighted by Gasteiger charge is 2.24. The number of nitrogens with zero attached hydrogens (tertiary/aromatic N) is 1. The first kappa shape index (κ1) is 17.3. The van der Waals surface area contributed by atoms with E-state index >= 15 is 0 Å². The highest BCUT2D eigenvalue weighted by Crippen LogP contribution is 2.29. The molecule has 1 heterocycles. The van der Waals surface area contributed by atoms with Crippen LogP contribution in [0.1, 0.15) is 18.4 Å². The normalized spacial score (nSPS) is 14.8. The SMILES string of the molecule is Cc1ccc(NS(=O)(=O)c2cc(F)cc(F)c2)cc1N1CCCC1=O. The number of benzene rings is 2. The average Bonchev–Trinajstić information content (AvgIpc) is 2.94. The number of hydrogen-bond acceptors (Lipinski definition) is 3. The summed E-state index contributed by atoms with van der Waals surface area (Å²) in [6, 6.07) is 6.85. The molecular weight excluding hydrogens is 350 g/mol. The lowest BCUT2D eigenvalue weighted by atomic mass is 10.1. The first-order valence-corrected chi connectivity index (χ1v) is 9.14. The van der Waals surface area contributed by atoms with Crippen LogP contribution in [-0.2, 0) is 14.8 Å². The van der Waals surface area contributed by atoms with Gasteiger partial charge in [0.05, 0.1) is 10.6 Å². The van der Waals surface area contributed by atoms with Crippen LogP contribution in [0.5, 0.6) is 0 Å². The molecule has 0 unspecified atom stereocenters. The van der Waals surface area contributed by atoms with E-state index in [1.807, 2.05) is 6.92 Å². The molecule has 2 aromatic carbocycles. The summed E-state index contributed by atoms with van der Waals surface area (Å²) in [6.45, 7) is 2.39. The third-order valence-electron chi connectivity index (χ3n) is 3.97. The molecule has 0 bridgehead atoms. The van der Waals surface area contributed by atoms with Crippen LogP contribution in [0, 0.1) is 18.6 Å². The van der Waals surface area contributed by atoms with E-state index in [0.29, 0.717) is 24.7 Å². The van der Waals surface area contributed by atoms with Crippen molar-refractivity contribution in [1.29, 1.82) is 0 Å². The van der Waals surface area contributed by atoms with Gasteiger partial charge < -0.3 is 4.90 Å². The Morgan fingerprint density at radius 3 is 2.36 bits per heavy atom. The van der Waals surface area contributed by atoms with E-state index in [-0.39, 0.29) is 11.6 Å². The quantitative estimate of drug-likeness (QED) is 0.904. The number of nitrogens with one attached hydrogen (secondary N) is 1. The van der Waals surface area contributed by atoms with E-state index in [4.69, 9.17) is 0 Å². The second-order valence-electron chi connectivity index (χ2n) is 5.86. The van der Waals surface area contributed by atoms with Gasteiger partial charge in [0.1, 0.15) is 11.6 Å². The van der Waals surface area contributed by atoms with E-state index in [2.05, 4.69) is 4.72 Å². The molecule has 0 aliphatic carbocycles. The van der Waals surface area contributed by atoms with Crippen molar-refractivity contribution in [3.8, 4) is 0 Å². The van der Waals surface area contributed by atoms with Crippen molar-refractivity contribution in [3.05, 3.63) is 53.6 Å². The zero-order valence-corrected chi connectivity index (χ0v) is 14.2. The highest BCUT2D eigenvalue weighted by atomic mass is 32.2. The van der Waals surface area contributed by atoms with E-state index in [1.54, 1.807) is 17.0 Å². The van der Waals surface area contributed by atoms with Crippen molar-refractivity contribution >= 4 is 27.3 Å². The summed E-state index contributed by atoms with van der Waals surface area (Å²) in [5, 5.41) is 0. The minimum absolute atomic E-state index is 0.0182. The number of amides is 1. The third-order valence-corrected chi connectivity index (χ3v) is 5.33. The molecule has 1 aliphatic rings. The molecule has 3 rings (SSSR count). The van der Waals surface area contributed by atoms with Gasteiger partial charge in [0, 0.05) is 24.7 Å². The first-order valence-electron chi connectivity index (χ1n) is 7.66. The average molecular weight is 366 g/mol. The van der Waals surface area contributed by atoms with Gasteiger partial charge in [-0.05, 0) is 43.2 Å². The Morgan fingerprint density at radius 1 is 1.08 bits per heavy atom. The predicted molar refractivity (Wildman–Crippen MR) is 89.9 cm³/mol. The van der Waals surface area contributed by atoms with Crippen LogP contribution in [0.25, 0.3) is 0 Å². The fraction of sp³-hybridized carbons (Fsp3) is 0.235. The molecular formula is C17H16F2N2O3S. The predicted octanol–water partition coefficient (Wildman–Crippen LogP) is 3.20. The molecule has 0 spiro atoms. The number of rotatable bonds is 4. The smallest absolute Gasteiger partial charge is 0.262 e. The largest absolute Gasteiger partial charge is 0.312 e. The third kappa shape index (κ3) is 3.63. The monoisotopic (exact) mass is 366 g/mol. The molecule has 0 radical (unpaired) electrons. The maximum absolute atomic E-state index is 13.3. The van der Waals surface area contributed by atoms with Gasteiger partial charge in [-0.15, -0.1) is 0 Å². The number of hydrogen-bond donors (Lipinski definition) is 1. The highest BCUT2D eigenvalue weighted by molar-refractivity contribution is 7.92. The van der Waals surface area contributed by atoms with E-state index in [9.17, 15) is 22.0 Å². The van der Waals surface area contributed by atoms with Gasteiger partial charge in [0.15, 0.2) is 0 Å². The van der Waals surface area contributed by atoms with Crippen molar-refractivity contribution in [3.63, 3.8) is 0 Å². The molecule has 25 heavy (non-hydrogen) atoms. The van der Waals surface area contributed by atoms with Gasteiger partial charge in [-0.1, -0.05) is 6.07 Å². The molecule has 5 nitrogen and oxygen atoms in total. The lowest BCUT2D eigenvalue weighted by molar-refractivity contribution is -0.117. The van der Waals surface area contributed by atoms with Crippen LogP contribution in [0.4, 0.5) is 20.2 Å². The Labute approximate surface area is 144 Å². The lowest BCUT2D eigenvalue weighted by Gasteiger charge is -2.19. The van der Waals surface area contributed by atoms with Crippen LogP contribution in [0.2, 0.25) is 0 Å². The van der Waals surface area contributed by atoms with Crippen molar-refractivity contribution in [2.45, 2.75) is 24.7 Å². The Hall–Kier alpha value is -2.48. The molecule has 0 atom stereocenters. The molecule has 1 amide bonds. The molecule has 1 saturated heterocycles. The maximum Gasteiger partial charge on any atom is 0.262 e. The Balaban J connectivity index is 1.93. The van der Waals surface area contributed by atoms with Crippen LogP contribution < -0.4 is 9.62 Å². The molecule has 0 aromatic heterocycles. The number of halogens is 2. The fourth-order valence-electron chi connectivity index (χ4n) is 2.76. The Bertz CT molecular complexity index is 925. The standard InChI is InChI=1S/C17H16F2N2O3S/c1-11-4-5-14(10-16(11)21-6-2-3-17(21)22)20-25(23,24)15-8-12(18)7-13(19)9-15/h4-5,7-10,20H,2-3,6H2,1H3. The molecule has 8 heteroatoms. The van der Waals surface area contributed by atoms with Crippen LogP contribution in [0.3, 0.4) is 0 Å². The number of carbonyl (C=O) groups excluding carboxylic acids is 1. The van der Waals surface area contributed by atoms with Crippen molar-refractivity contribution < 1.29 is 22.0 Å². The van der Waals surface area contributed by atoms with Crippen molar-refractivity contribution in [1.82, 2.24) is 0 Å². The first-order chi connectivity index (χ1) is 11.8. The molecule has 1 N–H and O–H groups in total. The Morgan fingerprint density at radius 2 is 1.76 bits per heavy atom. The van der Waals surface area contributed by atoms with Gasteiger partial charge in [-0.3, -0.25) is 9.52 Å². The van der Waals surface area contributed by atoms with Gasteiger partial charge in [-0.2, -0.15) is 0 Å². The maximum atomic E-state index is 13.3. The van der Waals surface area contributed by atoms with Gasteiger partial charge in [0.2, 0.25) is 5.91 Å². The summed E-state index contributed by atoms with van der Waals surface area (Å²) in [5.74, 6) is -1.98. The number of carbonyl (C=O) groups is 1. The minimum Gasteiger partial charge on any atom is -0.312 e. The molecule has 2 aromatic rings. The van der Waals surface area contributed by atoms with E-state index in [1.165, 1.54) is 6.07 Å². The van der Waals surface area contributed by atoms with Crippen molar-refractivity contribution in [2.75, 3.05) is 16.2 Å². The number of aryl methyl sites for hydroxylation is 1. The van der Waals surface area contributed by atoms with Crippen LogP contribution >= 0.6 is 0 Å². The van der Waals surface area contributed by atoms with Crippen LogP contribution in [0.15, 0.2) is 41.3 Å². The topological polar surface area (TPSA) is 66.5 Å².